The molecule has 1 aromatic carbocycles. The van der Waals surface area contributed by atoms with Gasteiger partial charge < -0.3 is 4.43 Å². The third-order valence-electron chi connectivity index (χ3n) is 1.82. The van der Waals surface area contributed by atoms with Crippen molar-refractivity contribution < 1.29 is 4.43 Å². The number of rotatable bonds is 2. The lowest BCUT2D eigenvalue weighted by Crippen LogP contribution is -2.21. The van der Waals surface area contributed by atoms with Gasteiger partial charge in [0.15, 0.2) is 0 Å². The Labute approximate surface area is 99.2 Å². The average Bonchev–Trinajstić information content (AvgIpc) is 1.95. The Bertz CT molecular complexity index is 323. The van der Waals surface area contributed by atoms with Crippen LogP contribution in [-0.4, -0.2) is 6.25 Å². The van der Waals surface area contributed by atoms with Crippen LogP contribution in [0.2, 0.25) is 0 Å². The fourth-order valence-corrected chi connectivity index (χ4v) is 2.69. The summed E-state index contributed by atoms with van der Waals surface area (Å²) in [6, 6.07) is 4.01. The van der Waals surface area contributed by atoms with E-state index >= 15 is 0 Å². The molecule has 0 saturated heterocycles. The van der Waals surface area contributed by atoms with E-state index in [1.54, 1.807) is 0 Å². The molecule has 0 radical (unpaired) electrons. The van der Waals surface area contributed by atoms with E-state index in [9.17, 15) is 0 Å². The van der Waals surface area contributed by atoms with Crippen molar-refractivity contribution in [3.8, 4) is 5.75 Å². The molecule has 1 rings (SSSR count). The first-order valence-electron chi connectivity index (χ1n) is 4.13. The number of halogens is 3. The van der Waals surface area contributed by atoms with E-state index in [4.69, 9.17) is 37.7 Å². The fourth-order valence-electron chi connectivity index (χ4n) is 1.44. The van der Waals surface area contributed by atoms with Crippen molar-refractivity contribution in [2.24, 2.45) is 0 Å². The topological polar surface area (TPSA) is 9.23 Å². The summed E-state index contributed by atoms with van der Waals surface area (Å²) in [5.41, 5.74) is 3.18. The van der Waals surface area contributed by atoms with Gasteiger partial charge in [-0.25, -0.2) is 0 Å². The zero-order valence-electron chi connectivity index (χ0n) is 8.20. The van der Waals surface area contributed by atoms with Crippen LogP contribution < -0.4 is 4.43 Å². The highest BCUT2D eigenvalue weighted by atomic mass is 35.8. The minimum atomic E-state index is -3.06. The molecule has 0 amide bonds. The molecule has 0 aliphatic rings. The molecule has 0 N–H and O–H groups in total. The van der Waals surface area contributed by atoms with Gasteiger partial charge in [0, 0.05) is 0 Å². The molecule has 78 valence electrons. The van der Waals surface area contributed by atoms with E-state index in [-0.39, 0.29) is 0 Å². The molecule has 0 saturated carbocycles. The highest BCUT2D eigenvalue weighted by Gasteiger charge is 2.31. The second-order valence-electron chi connectivity index (χ2n) is 3.28. The van der Waals surface area contributed by atoms with Crippen molar-refractivity contribution in [3.63, 3.8) is 0 Å². The van der Waals surface area contributed by atoms with E-state index in [1.165, 1.54) is 5.56 Å². The van der Waals surface area contributed by atoms with Crippen LogP contribution in [0, 0.1) is 20.8 Å². The van der Waals surface area contributed by atoms with Crippen LogP contribution in [0.15, 0.2) is 12.1 Å². The molecule has 0 aliphatic carbocycles. The Morgan fingerprint density at radius 3 is 1.79 bits per heavy atom. The zero-order chi connectivity index (χ0) is 10.9. The average molecular weight is 270 g/mol. The monoisotopic (exact) mass is 268 g/mol. The highest BCUT2D eigenvalue weighted by Crippen LogP contribution is 2.31. The van der Waals surface area contributed by atoms with E-state index in [0.29, 0.717) is 5.75 Å². The quantitative estimate of drug-likeness (QED) is 0.579. The first kappa shape index (κ1) is 12.2. The van der Waals surface area contributed by atoms with Gasteiger partial charge in [0.1, 0.15) is 5.75 Å². The van der Waals surface area contributed by atoms with Gasteiger partial charge in [-0.05, 0) is 31.9 Å². The minimum absolute atomic E-state index is 0.697. The second kappa shape index (κ2) is 4.31. The summed E-state index contributed by atoms with van der Waals surface area (Å²) in [5.74, 6) is 0.697. The van der Waals surface area contributed by atoms with Gasteiger partial charge in [-0.2, -0.15) is 0 Å². The summed E-state index contributed by atoms with van der Waals surface area (Å²) < 4.78 is 5.35. The minimum Gasteiger partial charge on any atom is -0.507 e. The molecule has 0 atom stereocenters. The van der Waals surface area contributed by atoms with Gasteiger partial charge in [-0.3, -0.25) is 0 Å². The third kappa shape index (κ3) is 3.35. The summed E-state index contributed by atoms with van der Waals surface area (Å²) in [7, 11) is 0. The molecule has 1 nitrogen and oxygen atoms in total. The lowest BCUT2D eigenvalue weighted by Gasteiger charge is -2.16. The van der Waals surface area contributed by atoms with E-state index in [1.807, 2.05) is 32.9 Å². The Morgan fingerprint density at radius 2 is 1.43 bits per heavy atom. The maximum absolute atomic E-state index is 5.70. The van der Waals surface area contributed by atoms with Crippen LogP contribution in [0.5, 0.6) is 5.75 Å². The third-order valence-corrected chi connectivity index (χ3v) is 2.95. The molecule has 0 fully saturated rings. The summed E-state index contributed by atoms with van der Waals surface area (Å²) >= 11 is 17.1. The molecule has 0 spiro atoms. The van der Waals surface area contributed by atoms with Crippen LogP contribution in [0.25, 0.3) is 0 Å². The normalized spacial score (nSPS) is 11.6. The molecule has 0 unspecified atom stereocenters. The maximum Gasteiger partial charge on any atom is 0.555 e. The molecule has 5 heteroatoms. The van der Waals surface area contributed by atoms with Crippen molar-refractivity contribution in [1.82, 2.24) is 0 Å². The van der Waals surface area contributed by atoms with Gasteiger partial charge in [0.25, 0.3) is 0 Å². The fraction of sp³-hybridized carbons (Fsp3) is 0.333. The van der Waals surface area contributed by atoms with Crippen molar-refractivity contribution in [3.05, 3.63) is 28.8 Å². The molecule has 14 heavy (non-hydrogen) atoms. The molecular weight excluding hydrogens is 259 g/mol. The molecule has 0 aromatic heterocycles. The highest BCUT2D eigenvalue weighted by molar-refractivity contribution is 7.62. The predicted molar refractivity (Wildman–Crippen MR) is 64.6 cm³/mol. The van der Waals surface area contributed by atoms with E-state index < -0.39 is 6.25 Å². The zero-order valence-corrected chi connectivity index (χ0v) is 11.5. The molecule has 0 heterocycles. The molecular formula is C9H11Cl3OSi. The van der Waals surface area contributed by atoms with Crippen LogP contribution in [0.3, 0.4) is 0 Å². The Hall–Kier alpha value is 0.107. The number of aryl methyl sites for hydroxylation is 3. The largest absolute Gasteiger partial charge is 0.555 e. The lowest BCUT2D eigenvalue weighted by atomic mass is 10.1. The maximum atomic E-state index is 5.70. The van der Waals surface area contributed by atoms with Gasteiger partial charge >= 0.3 is 6.25 Å². The molecule has 0 aliphatic heterocycles. The van der Waals surface area contributed by atoms with Gasteiger partial charge in [0.2, 0.25) is 0 Å². The predicted octanol–water partition coefficient (Wildman–Crippen LogP) is 4.14. The Kier molecular flexibility index (Phi) is 3.75. The van der Waals surface area contributed by atoms with Gasteiger partial charge in [-0.1, -0.05) is 50.9 Å². The smallest absolute Gasteiger partial charge is 0.507 e. The van der Waals surface area contributed by atoms with Gasteiger partial charge in [-0.15, -0.1) is 0 Å². The van der Waals surface area contributed by atoms with Crippen LogP contribution >= 0.6 is 33.2 Å². The van der Waals surface area contributed by atoms with Gasteiger partial charge in [0.05, 0.1) is 0 Å². The molecule has 0 bridgehead atoms. The van der Waals surface area contributed by atoms with E-state index in [2.05, 4.69) is 0 Å². The summed E-state index contributed by atoms with van der Waals surface area (Å²) in [5, 5.41) is 0. The van der Waals surface area contributed by atoms with Crippen LogP contribution in [0.4, 0.5) is 0 Å². The lowest BCUT2D eigenvalue weighted by molar-refractivity contribution is 0.585. The molecule has 1 aromatic rings. The summed E-state index contributed by atoms with van der Waals surface area (Å²) in [4.78, 5) is 0. The summed E-state index contributed by atoms with van der Waals surface area (Å²) in [6.07, 6.45) is -3.06. The Balaban J connectivity index is 3.09. The van der Waals surface area contributed by atoms with Crippen molar-refractivity contribution in [2.45, 2.75) is 20.8 Å². The van der Waals surface area contributed by atoms with Crippen molar-refractivity contribution >= 4 is 39.5 Å². The number of hydrogen-bond donors (Lipinski definition) is 0. The standard InChI is InChI=1S/C9H11Cl3OSi/c1-6-4-7(2)9(8(3)5-6)13-14(10,11)12/h4-5H,1-3H3. The van der Waals surface area contributed by atoms with Crippen molar-refractivity contribution in [1.29, 1.82) is 0 Å². The Morgan fingerprint density at radius 1 is 1.00 bits per heavy atom. The SMILES string of the molecule is Cc1cc(C)c(O[Si](Cl)(Cl)Cl)c(C)c1. The van der Waals surface area contributed by atoms with Crippen molar-refractivity contribution in [2.75, 3.05) is 0 Å². The van der Waals surface area contributed by atoms with E-state index in [0.717, 1.165) is 11.1 Å². The second-order valence-corrected chi connectivity index (χ2v) is 10.9. The van der Waals surface area contributed by atoms with Crippen LogP contribution in [-0.2, 0) is 0 Å². The summed E-state index contributed by atoms with van der Waals surface area (Å²) in [6.45, 7) is 5.91. The first-order valence-corrected chi connectivity index (χ1v) is 9.07. The first-order chi connectivity index (χ1) is 6.29. The number of hydrogen-bond acceptors (Lipinski definition) is 1. The van der Waals surface area contributed by atoms with Crippen LogP contribution in [0.1, 0.15) is 16.7 Å². The number of benzene rings is 1.